The highest BCUT2D eigenvalue weighted by molar-refractivity contribution is 9.10. The number of methoxy groups -OCH3 is 1. The van der Waals surface area contributed by atoms with Crippen molar-refractivity contribution in [3.63, 3.8) is 0 Å². The number of Topliss-reactive ketones (excluding diaryl/α,β-unsaturated/α-hetero) is 1. The molecule has 1 aromatic heterocycles. The normalized spacial score (nSPS) is 11.2. The molecule has 0 aromatic carbocycles. The molecule has 0 fully saturated rings. The van der Waals surface area contributed by atoms with Gasteiger partial charge in [0.25, 0.3) is 0 Å². The molecule has 1 heterocycles. The topological polar surface area (TPSA) is 44.1 Å². The van der Waals surface area contributed by atoms with E-state index >= 15 is 0 Å². The Balaban J connectivity index is 2.92. The zero-order chi connectivity index (χ0) is 14.3. The van der Waals surface area contributed by atoms with Crippen molar-refractivity contribution in [2.45, 2.75) is 46.1 Å². The van der Waals surface area contributed by atoms with Gasteiger partial charge in [0, 0.05) is 13.0 Å². The first kappa shape index (κ1) is 16.4. The van der Waals surface area contributed by atoms with E-state index in [0.717, 1.165) is 30.2 Å². The van der Waals surface area contributed by atoms with E-state index in [1.54, 1.807) is 18.0 Å². The molecule has 19 heavy (non-hydrogen) atoms. The van der Waals surface area contributed by atoms with Crippen molar-refractivity contribution < 1.29 is 9.53 Å². The molecule has 0 aliphatic heterocycles. The number of carbonyl (C=O) groups is 1. The lowest BCUT2D eigenvalue weighted by molar-refractivity contribution is 0.0889. The monoisotopic (exact) mass is 330 g/mol. The average Bonchev–Trinajstić information content (AvgIpc) is 2.76. The number of ether oxygens (including phenoxy) is 1. The van der Waals surface area contributed by atoms with E-state index in [9.17, 15) is 4.79 Å². The standard InChI is InChI=1S/C14H23BrN2O2/c1-4-6-11(7-5-2)14(18)13-12(15)10-16-17(13)8-9-19-3/h10-11H,4-9H2,1-3H3. The van der Waals surface area contributed by atoms with E-state index in [0.29, 0.717) is 18.8 Å². The molecule has 1 rings (SSSR count). The lowest BCUT2D eigenvalue weighted by Gasteiger charge is -2.15. The number of ketones is 1. The summed E-state index contributed by atoms with van der Waals surface area (Å²) in [7, 11) is 1.65. The van der Waals surface area contributed by atoms with Crippen molar-refractivity contribution in [3.8, 4) is 0 Å². The van der Waals surface area contributed by atoms with Crippen LogP contribution in [0.15, 0.2) is 10.7 Å². The molecule has 0 saturated heterocycles. The number of rotatable bonds is 9. The second-order valence-corrected chi connectivity index (χ2v) is 5.55. The average molecular weight is 331 g/mol. The van der Waals surface area contributed by atoms with Crippen LogP contribution in [0.5, 0.6) is 0 Å². The first-order valence-electron chi connectivity index (χ1n) is 6.90. The van der Waals surface area contributed by atoms with Gasteiger partial charge in [-0.05, 0) is 28.8 Å². The van der Waals surface area contributed by atoms with Gasteiger partial charge in [-0.1, -0.05) is 26.7 Å². The molecule has 4 nitrogen and oxygen atoms in total. The van der Waals surface area contributed by atoms with Crippen LogP contribution in [0.1, 0.15) is 50.0 Å². The third-order valence-corrected chi connectivity index (χ3v) is 3.76. The van der Waals surface area contributed by atoms with Gasteiger partial charge in [0.2, 0.25) is 0 Å². The Labute approximate surface area is 123 Å². The Morgan fingerprint density at radius 3 is 2.58 bits per heavy atom. The second kappa shape index (κ2) is 8.48. The fourth-order valence-electron chi connectivity index (χ4n) is 2.25. The summed E-state index contributed by atoms with van der Waals surface area (Å²) in [5.74, 6) is 0.300. The molecule has 5 heteroatoms. The van der Waals surface area contributed by atoms with Crippen LogP contribution in [0.25, 0.3) is 0 Å². The van der Waals surface area contributed by atoms with Gasteiger partial charge in [-0.25, -0.2) is 0 Å². The van der Waals surface area contributed by atoms with Crippen molar-refractivity contribution in [3.05, 3.63) is 16.4 Å². The van der Waals surface area contributed by atoms with E-state index in [2.05, 4.69) is 34.9 Å². The maximum Gasteiger partial charge on any atom is 0.185 e. The quantitative estimate of drug-likeness (QED) is 0.648. The molecular formula is C14H23BrN2O2. The summed E-state index contributed by atoms with van der Waals surface area (Å²) >= 11 is 3.44. The minimum atomic E-state index is 0.101. The molecule has 0 aliphatic rings. The van der Waals surface area contributed by atoms with Crippen LogP contribution >= 0.6 is 15.9 Å². The predicted molar refractivity (Wildman–Crippen MR) is 79.4 cm³/mol. The number of hydrogen-bond donors (Lipinski definition) is 0. The van der Waals surface area contributed by atoms with Gasteiger partial charge in [0.1, 0.15) is 5.69 Å². The molecule has 0 atom stereocenters. The van der Waals surface area contributed by atoms with Gasteiger partial charge in [0.15, 0.2) is 5.78 Å². The van der Waals surface area contributed by atoms with Crippen LogP contribution in [-0.2, 0) is 11.3 Å². The minimum Gasteiger partial charge on any atom is -0.383 e. The molecular weight excluding hydrogens is 308 g/mol. The molecule has 0 radical (unpaired) electrons. The summed E-state index contributed by atoms with van der Waals surface area (Å²) in [4.78, 5) is 12.7. The Kier molecular flexibility index (Phi) is 7.31. The highest BCUT2D eigenvalue weighted by Crippen LogP contribution is 2.24. The summed E-state index contributed by atoms with van der Waals surface area (Å²) in [6.07, 6.45) is 5.63. The lowest BCUT2D eigenvalue weighted by Crippen LogP contribution is -2.21. The smallest absolute Gasteiger partial charge is 0.185 e. The number of hydrogen-bond acceptors (Lipinski definition) is 3. The minimum absolute atomic E-state index is 0.101. The van der Waals surface area contributed by atoms with E-state index in [1.165, 1.54) is 0 Å². The summed E-state index contributed by atoms with van der Waals surface area (Å²) in [5, 5.41) is 4.25. The molecule has 0 aliphatic carbocycles. The van der Waals surface area contributed by atoms with Gasteiger partial charge in [0.05, 0.1) is 23.8 Å². The third-order valence-electron chi connectivity index (χ3n) is 3.18. The lowest BCUT2D eigenvalue weighted by atomic mass is 9.92. The van der Waals surface area contributed by atoms with Crippen molar-refractivity contribution in [2.24, 2.45) is 5.92 Å². The van der Waals surface area contributed by atoms with Crippen LogP contribution in [0.3, 0.4) is 0 Å². The van der Waals surface area contributed by atoms with Gasteiger partial charge in [-0.2, -0.15) is 5.10 Å². The Morgan fingerprint density at radius 2 is 2.05 bits per heavy atom. The van der Waals surface area contributed by atoms with Gasteiger partial charge < -0.3 is 4.74 Å². The van der Waals surface area contributed by atoms with E-state index in [-0.39, 0.29) is 11.7 Å². The van der Waals surface area contributed by atoms with Crippen molar-refractivity contribution in [2.75, 3.05) is 13.7 Å². The van der Waals surface area contributed by atoms with Gasteiger partial charge in [-0.3, -0.25) is 9.48 Å². The van der Waals surface area contributed by atoms with Crippen LogP contribution < -0.4 is 0 Å². The molecule has 0 N–H and O–H groups in total. The van der Waals surface area contributed by atoms with Crippen molar-refractivity contribution in [1.82, 2.24) is 9.78 Å². The third kappa shape index (κ3) is 4.42. The predicted octanol–water partition coefficient (Wildman–Crippen LogP) is 3.69. The Hall–Kier alpha value is -0.680. The Bertz CT molecular complexity index is 398. The SMILES string of the molecule is CCCC(CCC)C(=O)c1c(Br)cnn1CCOC. The zero-order valence-electron chi connectivity index (χ0n) is 12.0. The van der Waals surface area contributed by atoms with Crippen molar-refractivity contribution in [1.29, 1.82) is 0 Å². The molecule has 108 valence electrons. The number of carbonyl (C=O) groups excluding carboxylic acids is 1. The maximum atomic E-state index is 12.7. The number of aromatic nitrogens is 2. The molecule has 0 bridgehead atoms. The maximum absolute atomic E-state index is 12.7. The molecule has 0 amide bonds. The van der Waals surface area contributed by atoms with Crippen LogP contribution in [-0.4, -0.2) is 29.3 Å². The number of nitrogens with zero attached hydrogens (tertiary/aromatic N) is 2. The van der Waals surface area contributed by atoms with E-state index < -0.39 is 0 Å². The van der Waals surface area contributed by atoms with Gasteiger partial charge in [-0.15, -0.1) is 0 Å². The molecule has 0 saturated carbocycles. The van der Waals surface area contributed by atoms with E-state index in [1.807, 2.05) is 0 Å². The molecule has 1 aromatic rings. The fraction of sp³-hybridized carbons (Fsp3) is 0.714. The summed E-state index contributed by atoms with van der Waals surface area (Å²) in [5.41, 5.74) is 0.684. The highest BCUT2D eigenvalue weighted by atomic mass is 79.9. The van der Waals surface area contributed by atoms with E-state index in [4.69, 9.17) is 4.74 Å². The summed E-state index contributed by atoms with van der Waals surface area (Å²) < 4.78 is 7.59. The Morgan fingerprint density at radius 1 is 1.42 bits per heavy atom. The van der Waals surface area contributed by atoms with Crippen LogP contribution in [0.4, 0.5) is 0 Å². The molecule has 0 spiro atoms. The highest BCUT2D eigenvalue weighted by Gasteiger charge is 2.24. The van der Waals surface area contributed by atoms with Crippen molar-refractivity contribution >= 4 is 21.7 Å². The second-order valence-electron chi connectivity index (χ2n) is 4.70. The van der Waals surface area contributed by atoms with Crippen LogP contribution in [0, 0.1) is 5.92 Å². The zero-order valence-corrected chi connectivity index (χ0v) is 13.6. The summed E-state index contributed by atoms with van der Waals surface area (Å²) in [6.45, 7) is 5.40. The molecule has 0 unspecified atom stereocenters. The van der Waals surface area contributed by atoms with Crippen LogP contribution in [0.2, 0.25) is 0 Å². The largest absolute Gasteiger partial charge is 0.383 e. The van der Waals surface area contributed by atoms with Gasteiger partial charge >= 0.3 is 0 Å². The first-order chi connectivity index (χ1) is 9.15. The summed E-state index contributed by atoms with van der Waals surface area (Å²) in [6, 6.07) is 0. The number of halogens is 1. The fourth-order valence-corrected chi connectivity index (χ4v) is 2.74. The first-order valence-corrected chi connectivity index (χ1v) is 7.69.